The Hall–Kier alpha value is 0.137. The number of aliphatic hydroxyl groups excluding tert-OH is 1. The lowest BCUT2D eigenvalue weighted by Crippen LogP contribution is -2.31. The smallest absolute Gasteiger partial charge is 0.188 e. The van der Waals surface area contributed by atoms with E-state index in [9.17, 15) is 0 Å². The Labute approximate surface area is 58.0 Å². The molecular formula is C6H16O2Si. The summed E-state index contributed by atoms with van der Waals surface area (Å²) in [4.78, 5) is 0. The maximum absolute atomic E-state index is 8.58. The van der Waals surface area contributed by atoms with Crippen LogP contribution in [0.3, 0.4) is 0 Å². The van der Waals surface area contributed by atoms with Crippen molar-refractivity contribution in [2.45, 2.75) is 26.1 Å². The van der Waals surface area contributed by atoms with Gasteiger partial charge in [-0.1, -0.05) is 0 Å². The van der Waals surface area contributed by atoms with E-state index in [0.717, 1.165) is 12.7 Å². The highest BCUT2D eigenvalue weighted by atomic mass is 28.4. The van der Waals surface area contributed by atoms with Gasteiger partial charge in [0, 0.05) is 13.2 Å². The van der Waals surface area contributed by atoms with Gasteiger partial charge in [-0.05, 0) is 26.1 Å². The fourth-order valence-electron chi connectivity index (χ4n) is 0.732. The lowest BCUT2D eigenvalue weighted by molar-refractivity contribution is 0.288. The van der Waals surface area contributed by atoms with Crippen LogP contribution in [0.1, 0.15) is 6.92 Å². The van der Waals surface area contributed by atoms with Crippen LogP contribution in [0, 0.1) is 0 Å². The van der Waals surface area contributed by atoms with Gasteiger partial charge in [-0.15, -0.1) is 0 Å². The van der Waals surface area contributed by atoms with E-state index in [0.29, 0.717) is 0 Å². The SMILES string of the molecule is CCO[Si](C)(C)CCO. The Morgan fingerprint density at radius 3 is 2.33 bits per heavy atom. The van der Waals surface area contributed by atoms with Crippen molar-refractivity contribution in [1.29, 1.82) is 0 Å². The highest BCUT2D eigenvalue weighted by Gasteiger charge is 2.19. The van der Waals surface area contributed by atoms with Gasteiger partial charge in [-0.2, -0.15) is 0 Å². The molecule has 0 radical (unpaired) electrons. The van der Waals surface area contributed by atoms with Crippen LogP contribution in [0.25, 0.3) is 0 Å². The van der Waals surface area contributed by atoms with Gasteiger partial charge >= 0.3 is 0 Å². The molecule has 0 aliphatic rings. The Balaban J connectivity index is 3.43. The zero-order valence-corrected chi connectivity index (χ0v) is 7.48. The zero-order valence-electron chi connectivity index (χ0n) is 6.48. The molecule has 0 heterocycles. The second-order valence-corrected chi connectivity index (χ2v) is 6.97. The number of hydrogen-bond acceptors (Lipinski definition) is 2. The Morgan fingerprint density at radius 2 is 2.00 bits per heavy atom. The molecule has 0 amide bonds. The molecule has 0 saturated carbocycles. The van der Waals surface area contributed by atoms with Crippen LogP contribution in [-0.2, 0) is 4.43 Å². The Bertz CT molecular complexity index is 65.5. The van der Waals surface area contributed by atoms with Crippen molar-refractivity contribution in [1.82, 2.24) is 0 Å². The molecule has 0 unspecified atom stereocenters. The standard InChI is InChI=1S/C6H16O2Si/c1-4-8-9(2,3)6-5-7/h7H,4-6H2,1-3H3. The number of hydrogen-bond donors (Lipinski definition) is 1. The average molecular weight is 148 g/mol. The summed E-state index contributed by atoms with van der Waals surface area (Å²) in [5.41, 5.74) is 0. The minimum absolute atomic E-state index is 0.263. The molecule has 0 aliphatic heterocycles. The van der Waals surface area contributed by atoms with Crippen LogP contribution in [0.15, 0.2) is 0 Å². The van der Waals surface area contributed by atoms with E-state index >= 15 is 0 Å². The van der Waals surface area contributed by atoms with E-state index in [1.165, 1.54) is 0 Å². The highest BCUT2D eigenvalue weighted by molar-refractivity contribution is 6.71. The van der Waals surface area contributed by atoms with Crippen molar-refractivity contribution in [3.8, 4) is 0 Å². The first kappa shape index (κ1) is 9.14. The fourth-order valence-corrected chi connectivity index (χ4v) is 2.20. The molecule has 0 rings (SSSR count). The molecule has 3 heteroatoms. The molecule has 0 spiro atoms. The lowest BCUT2D eigenvalue weighted by Gasteiger charge is -2.19. The van der Waals surface area contributed by atoms with Gasteiger partial charge in [0.1, 0.15) is 0 Å². The summed E-state index contributed by atoms with van der Waals surface area (Å²) in [6.07, 6.45) is 0. The Kier molecular flexibility index (Phi) is 4.09. The van der Waals surface area contributed by atoms with Gasteiger partial charge in [0.25, 0.3) is 0 Å². The second kappa shape index (κ2) is 4.03. The first-order chi connectivity index (χ1) is 4.12. The largest absolute Gasteiger partial charge is 0.418 e. The number of rotatable bonds is 4. The molecule has 2 nitrogen and oxygen atoms in total. The van der Waals surface area contributed by atoms with Gasteiger partial charge in [0.2, 0.25) is 0 Å². The first-order valence-corrected chi connectivity index (χ1v) is 6.49. The topological polar surface area (TPSA) is 29.5 Å². The van der Waals surface area contributed by atoms with Gasteiger partial charge in [0.05, 0.1) is 0 Å². The monoisotopic (exact) mass is 148 g/mol. The van der Waals surface area contributed by atoms with E-state index < -0.39 is 8.32 Å². The summed E-state index contributed by atoms with van der Waals surface area (Å²) in [7, 11) is -1.45. The average Bonchev–Trinajstić information content (AvgIpc) is 1.64. The fraction of sp³-hybridized carbons (Fsp3) is 1.00. The molecule has 0 bridgehead atoms. The minimum Gasteiger partial charge on any atom is -0.418 e. The summed E-state index contributed by atoms with van der Waals surface area (Å²) in [6, 6.07) is 0.848. The highest BCUT2D eigenvalue weighted by Crippen LogP contribution is 2.08. The van der Waals surface area contributed by atoms with E-state index in [2.05, 4.69) is 13.1 Å². The van der Waals surface area contributed by atoms with Gasteiger partial charge < -0.3 is 9.53 Å². The summed E-state index contributed by atoms with van der Waals surface area (Å²) >= 11 is 0. The van der Waals surface area contributed by atoms with E-state index in [-0.39, 0.29) is 6.61 Å². The second-order valence-electron chi connectivity index (χ2n) is 2.67. The maximum Gasteiger partial charge on any atom is 0.188 e. The van der Waals surface area contributed by atoms with Crippen LogP contribution < -0.4 is 0 Å². The Morgan fingerprint density at radius 1 is 1.44 bits per heavy atom. The van der Waals surface area contributed by atoms with E-state index in [1.54, 1.807) is 0 Å². The zero-order chi connectivity index (χ0) is 7.33. The summed E-state index contributed by atoms with van der Waals surface area (Å²) in [5, 5.41) is 8.58. The third-order valence-electron chi connectivity index (χ3n) is 1.25. The van der Waals surface area contributed by atoms with Crippen LogP contribution in [0.2, 0.25) is 19.1 Å². The van der Waals surface area contributed by atoms with Crippen LogP contribution >= 0.6 is 0 Å². The molecule has 0 aromatic carbocycles. The molecule has 9 heavy (non-hydrogen) atoms. The molecule has 1 N–H and O–H groups in total. The lowest BCUT2D eigenvalue weighted by atomic mass is 10.9. The molecule has 0 atom stereocenters. The molecular weight excluding hydrogens is 132 g/mol. The third-order valence-corrected chi connectivity index (χ3v) is 3.75. The maximum atomic E-state index is 8.58. The molecule has 0 fully saturated rings. The van der Waals surface area contributed by atoms with Crippen molar-refractivity contribution in [2.75, 3.05) is 13.2 Å². The van der Waals surface area contributed by atoms with Crippen molar-refractivity contribution >= 4 is 8.32 Å². The molecule has 0 saturated heterocycles. The summed E-state index contributed by atoms with van der Waals surface area (Å²) in [6.45, 7) is 7.27. The molecule has 0 aromatic heterocycles. The van der Waals surface area contributed by atoms with Crippen LogP contribution in [-0.4, -0.2) is 26.6 Å². The van der Waals surface area contributed by atoms with Gasteiger partial charge in [0.15, 0.2) is 8.32 Å². The molecule has 56 valence electrons. The third kappa shape index (κ3) is 4.63. The van der Waals surface area contributed by atoms with Crippen molar-refractivity contribution in [3.63, 3.8) is 0 Å². The quantitative estimate of drug-likeness (QED) is 0.607. The first-order valence-electron chi connectivity index (χ1n) is 3.37. The summed E-state index contributed by atoms with van der Waals surface area (Å²) in [5.74, 6) is 0. The van der Waals surface area contributed by atoms with Crippen molar-refractivity contribution < 1.29 is 9.53 Å². The molecule has 0 aromatic rings. The van der Waals surface area contributed by atoms with Crippen molar-refractivity contribution in [2.24, 2.45) is 0 Å². The number of aliphatic hydroxyl groups is 1. The normalized spacial score (nSPS) is 12.0. The van der Waals surface area contributed by atoms with Gasteiger partial charge in [-0.25, -0.2) is 0 Å². The van der Waals surface area contributed by atoms with Crippen LogP contribution in [0.4, 0.5) is 0 Å². The summed E-state index contributed by atoms with van der Waals surface area (Å²) < 4.78 is 5.45. The van der Waals surface area contributed by atoms with Crippen LogP contribution in [0.5, 0.6) is 0 Å². The van der Waals surface area contributed by atoms with Crippen molar-refractivity contribution in [3.05, 3.63) is 0 Å². The predicted molar refractivity (Wildman–Crippen MR) is 41.0 cm³/mol. The minimum atomic E-state index is -1.45. The predicted octanol–water partition coefficient (Wildman–Crippen LogP) is 1.22. The van der Waals surface area contributed by atoms with Gasteiger partial charge in [-0.3, -0.25) is 0 Å². The van der Waals surface area contributed by atoms with E-state index in [4.69, 9.17) is 9.53 Å². The van der Waals surface area contributed by atoms with E-state index in [1.807, 2.05) is 6.92 Å². The molecule has 0 aliphatic carbocycles.